The largest absolute Gasteiger partial charge is 0.478 e. The van der Waals surface area contributed by atoms with E-state index in [1.165, 1.54) is 31.1 Å². The van der Waals surface area contributed by atoms with Gasteiger partial charge in [-0.2, -0.15) is 17.6 Å². The summed E-state index contributed by atoms with van der Waals surface area (Å²) >= 11 is 0. The van der Waals surface area contributed by atoms with Gasteiger partial charge < -0.3 is 5.11 Å². The molecule has 0 aliphatic heterocycles. The molecule has 0 aliphatic carbocycles. The third kappa shape index (κ3) is 6.27. The van der Waals surface area contributed by atoms with E-state index in [-0.39, 0.29) is 12.2 Å². The van der Waals surface area contributed by atoms with Crippen LogP contribution in [0.3, 0.4) is 0 Å². The Bertz CT molecular complexity index is 792. The van der Waals surface area contributed by atoms with Crippen molar-refractivity contribution in [2.24, 2.45) is 4.99 Å². The van der Waals surface area contributed by atoms with Crippen molar-refractivity contribution in [3.05, 3.63) is 48.7 Å². The van der Waals surface area contributed by atoms with Crippen LogP contribution in [-0.2, 0) is 4.79 Å². The SMILES string of the molecule is C=C/C(=N\CC(C)N(C)N(C=N)/C=C(/C(=O)O)c1cccc(F)n1)C(F)(F)F. The number of aliphatic imine (C=N–C) groups is 1. The van der Waals surface area contributed by atoms with Crippen molar-refractivity contribution in [1.29, 1.82) is 5.41 Å². The molecule has 1 heterocycles. The summed E-state index contributed by atoms with van der Waals surface area (Å²) in [4.78, 5) is 18.5. The maximum Gasteiger partial charge on any atom is 0.432 e. The first-order valence-electron chi connectivity index (χ1n) is 7.85. The summed E-state index contributed by atoms with van der Waals surface area (Å²) in [6.07, 6.45) is -2.28. The van der Waals surface area contributed by atoms with E-state index >= 15 is 0 Å². The highest BCUT2D eigenvalue weighted by Crippen LogP contribution is 2.19. The normalized spacial score (nSPS) is 14.0. The topological polar surface area (TPSA) is 92.9 Å². The number of nitrogens with zero attached hydrogens (tertiary/aromatic N) is 4. The molecule has 1 aromatic heterocycles. The Morgan fingerprint density at radius 1 is 1.46 bits per heavy atom. The highest BCUT2D eigenvalue weighted by Gasteiger charge is 2.33. The van der Waals surface area contributed by atoms with Gasteiger partial charge in [-0.15, -0.1) is 0 Å². The summed E-state index contributed by atoms with van der Waals surface area (Å²) in [6, 6.07) is 2.95. The fourth-order valence-electron chi connectivity index (χ4n) is 1.99. The van der Waals surface area contributed by atoms with Crippen molar-refractivity contribution < 1.29 is 27.5 Å². The molecule has 0 bridgehead atoms. The van der Waals surface area contributed by atoms with Crippen LogP contribution in [0.1, 0.15) is 12.6 Å². The van der Waals surface area contributed by atoms with Crippen molar-refractivity contribution in [1.82, 2.24) is 15.0 Å². The molecule has 0 amide bonds. The number of hydrazine groups is 1. The first kappa shape index (κ1) is 23.0. The van der Waals surface area contributed by atoms with E-state index in [9.17, 15) is 27.5 Å². The average Bonchev–Trinajstić information content (AvgIpc) is 2.61. The first-order chi connectivity index (χ1) is 13.0. The lowest BCUT2D eigenvalue weighted by Crippen LogP contribution is -2.43. The molecular weight excluding hydrogens is 382 g/mol. The Labute approximate surface area is 158 Å². The Kier molecular flexibility index (Phi) is 7.99. The third-order valence-electron chi connectivity index (χ3n) is 3.63. The number of nitrogens with one attached hydrogen (secondary N) is 1. The molecule has 0 spiro atoms. The minimum absolute atomic E-state index is 0.176. The van der Waals surface area contributed by atoms with Crippen LogP contribution in [-0.4, -0.2) is 63.9 Å². The number of hydrogen-bond acceptors (Lipinski definition) is 5. The fourth-order valence-corrected chi connectivity index (χ4v) is 1.99. The van der Waals surface area contributed by atoms with Crippen molar-refractivity contribution in [2.45, 2.75) is 19.1 Å². The molecule has 0 saturated carbocycles. The fraction of sp³-hybridized carbons (Fsp3) is 0.294. The third-order valence-corrected chi connectivity index (χ3v) is 3.63. The van der Waals surface area contributed by atoms with Crippen LogP contribution in [0.4, 0.5) is 17.6 Å². The summed E-state index contributed by atoms with van der Waals surface area (Å²) in [5, 5.41) is 19.2. The van der Waals surface area contributed by atoms with Crippen molar-refractivity contribution >= 4 is 23.6 Å². The number of allylic oxidation sites excluding steroid dienone is 1. The number of aromatic nitrogens is 1. The van der Waals surface area contributed by atoms with E-state index in [1.807, 2.05) is 0 Å². The van der Waals surface area contributed by atoms with E-state index in [1.54, 1.807) is 0 Å². The Hall–Kier alpha value is -3.08. The standard InChI is InChI=1S/C17H19F4N5O2/c1-4-14(17(19,20)21)23-8-11(2)25(3)26(10-22)9-12(16(27)28)13-6-5-7-15(18)24-13/h4-7,9-11,22H,1,8H2,2-3H3,(H,27,28)/b12-9+,22-10?,23-14+. The summed E-state index contributed by atoms with van der Waals surface area (Å²) < 4.78 is 51.4. The number of pyridine rings is 1. The zero-order valence-corrected chi connectivity index (χ0v) is 15.1. The molecule has 11 heteroatoms. The Morgan fingerprint density at radius 2 is 2.11 bits per heavy atom. The molecule has 0 aliphatic rings. The van der Waals surface area contributed by atoms with E-state index in [4.69, 9.17) is 5.41 Å². The van der Waals surface area contributed by atoms with Crippen LogP contribution in [0.15, 0.2) is 42.0 Å². The highest BCUT2D eigenvalue weighted by molar-refractivity contribution is 6.14. The number of carbonyl (C=O) groups is 1. The van der Waals surface area contributed by atoms with Gasteiger partial charge in [0.05, 0.1) is 12.2 Å². The van der Waals surface area contributed by atoms with Gasteiger partial charge in [0, 0.05) is 19.3 Å². The molecule has 2 N–H and O–H groups in total. The van der Waals surface area contributed by atoms with E-state index in [2.05, 4.69) is 16.6 Å². The molecule has 152 valence electrons. The van der Waals surface area contributed by atoms with Gasteiger partial charge in [0.1, 0.15) is 17.6 Å². The average molecular weight is 401 g/mol. The van der Waals surface area contributed by atoms with Gasteiger partial charge in [0.2, 0.25) is 5.95 Å². The van der Waals surface area contributed by atoms with Gasteiger partial charge in [-0.3, -0.25) is 15.4 Å². The van der Waals surface area contributed by atoms with Crippen LogP contribution in [0.5, 0.6) is 0 Å². The summed E-state index contributed by atoms with van der Waals surface area (Å²) in [7, 11) is 1.43. The maximum atomic E-state index is 13.3. The summed E-state index contributed by atoms with van der Waals surface area (Å²) in [5.74, 6) is -2.30. The van der Waals surface area contributed by atoms with Gasteiger partial charge in [0.15, 0.2) is 0 Å². The molecule has 0 radical (unpaired) electrons. The van der Waals surface area contributed by atoms with Gasteiger partial charge in [0.25, 0.3) is 0 Å². The predicted octanol–water partition coefficient (Wildman–Crippen LogP) is 2.98. The van der Waals surface area contributed by atoms with E-state index in [0.717, 1.165) is 23.6 Å². The molecule has 1 unspecified atom stereocenters. The maximum absolute atomic E-state index is 13.3. The number of aliphatic carboxylic acids is 1. The molecule has 0 saturated heterocycles. The molecule has 1 rings (SSSR count). The molecule has 7 nitrogen and oxygen atoms in total. The lowest BCUT2D eigenvalue weighted by Gasteiger charge is -2.31. The summed E-state index contributed by atoms with van der Waals surface area (Å²) in [5.41, 5.74) is -1.73. The molecule has 1 aromatic rings. The minimum Gasteiger partial charge on any atom is -0.478 e. The number of halogens is 4. The van der Waals surface area contributed by atoms with Gasteiger partial charge >= 0.3 is 12.1 Å². The Morgan fingerprint density at radius 3 is 2.57 bits per heavy atom. The number of rotatable bonds is 9. The van der Waals surface area contributed by atoms with Crippen LogP contribution in [0.25, 0.3) is 5.57 Å². The van der Waals surface area contributed by atoms with Crippen LogP contribution in [0, 0.1) is 11.4 Å². The lowest BCUT2D eigenvalue weighted by atomic mass is 10.2. The summed E-state index contributed by atoms with van der Waals surface area (Å²) in [6.45, 7) is 4.32. The number of likely N-dealkylation sites (N-methyl/N-ethyl adjacent to an activating group) is 1. The van der Waals surface area contributed by atoms with Crippen LogP contribution >= 0.6 is 0 Å². The highest BCUT2D eigenvalue weighted by atomic mass is 19.4. The van der Waals surface area contributed by atoms with Gasteiger partial charge in [-0.25, -0.2) is 14.8 Å². The number of carboxylic acid groups (broad SMARTS) is 1. The van der Waals surface area contributed by atoms with Crippen molar-refractivity contribution in [3.8, 4) is 0 Å². The van der Waals surface area contributed by atoms with Gasteiger partial charge in [-0.1, -0.05) is 12.6 Å². The number of alkyl halides is 3. The number of carboxylic acids is 1. The van der Waals surface area contributed by atoms with E-state index < -0.39 is 35.4 Å². The molecular formula is C17H19F4N5O2. The Balaban J connectivity index is 3.11. The zero-order valence-electron chi connectivity index (χ0n) is 15.1. The second-order valence-corrected chi connectivity index (χ2v) is 5.55. The van der Waals surface area contributed by atoms with Crippen molar-refractivity contribution in [3.63, 3.8) is 0 Å². The monoisotopic (exact) mass is 401 g/mol. The quantitative estimate of drug-likeness (QED) is 0.166. The first-order valence-corrected chi connectivity index (χ1v) is 7.85. The molecule has 28 heavy (non-hydrogen) atoms. The van der Waals surface area contributed by atoms with Crippen molar-refractivity contribution in [2.75, 3.05) is 13.6 Å². The second-order valence-electron chi connectivity index (χ2n) is 5.55. The van der Waals surface area contributed by atoms with Gasteiger partial charge in [-0.05, 0) is 25.1 Å². The minimum atomic E-state index is -4.64. The van der Waals surface area contributed by atoms with Crippen LogP contribution in [0.2, 0.25) is 0 Å². The zero-order chi connectivity index (χ0) is 21.5. The smallest absolute Gasteiger partial charge is 0.432 e. The van der Waals surface area contributed by atoms with E-state index in [0.29, 0.717) is 6.08 Å². The predicted molar refractivity (Wildman–Crippen MR) is 96.2 cm³/mol. The number of hydrogen-bond donors (Lipinski definition) is 2. The second kappa shape index (κ2) is 9.74. The van der Waals surface area contributed by atoms with Crippen LogP contribution < -0.4 is 0 Å². The molecule has 0 aromatic carbocycles. The molecule has 0 fully saturated rings. The molecule has 1 atom stereocenters. The lowest BCUT2D eigenvalue weighted by molar-refractivity contribution is -0.130.